The molecule has 0 atom stereocenters. The zero-order chi connectivity index (χ0) is 17.4. The van der Waals surface area contributed by atoms with Gasteiger partial charge in [-0.05, 0) is 38.0 Å². The predicted octanol–water partition coefficient (Wildman–Crippen LogP) is 2.79. The minimum Gasteiger partial charge on any atom is -0.331 e. The van der Waals surface area contributed by atoms with Crippen LogP contribution < -0.4 is 5.32 Å². The summed E-state index contributed by atoms with van der Waals surface area (Å²) in [7, 11) is 0. The number of benzene rings is 1. The van der Waals surface area contributed by atoms with Crippen LogP contribution in [0.3, 0.4) is 0 Å². The van der Waals surface area contributed by atoms with Crippen LogP contribution in [0.4, 0.5) is 5.95 Å². The number of hydrogen-bond acceptors (Lipinski definition) is 4. The quantitative estimate of drug-likeness (QED) is 0.601. The molecular formula is C18H18N6O. The molecule has 0 fully saturated rings. The summed E-state index contributed by atoms with van der Waals surface area (Å²) in [5, 5.41) is 8.42. The van der Waals surface area contributed by atoms with Gasteiger partial charge in [-0.1, -0.05) is 12.1 Å². The molecule has 0 unspecified atom stereocenters. The molecule has 0 bridgehead atoms. The van der Waals surface area contributed by atoms with Crippen molar-refractivity contribution >= 4 is 28.4 Å². The number of aromatic amines is 1. The molecule has 126 valence electrons. The molecule has 0 aliphatic heterocycles. The second kappa shape index (κ2) is 6.01. The fourth-order valence-electron chi connectivity index (χ4n) is 3.11. The number of nitrogens with zero attached hydrogens (tertiary/aromatic N) is 4. The number of carbonyl (C=O) groups is 1. The van der Waals surface area contributed by atoms with Crippen molar-refractivity contribution in [3.63, 3.8) is 0 Å². The number of aryl methyl sites for hydroxylation is 2. The van der Waals surface area contributed by atoms with Gasteiger partial charge in [-0.2, -0.15) is 5.10 Å². The standard InChI is InChI=1S/C18H18N6O/c1-11-13(7-8-16(25)22-18-19-9-10-20-18)12(2)24-17(21-11)14-5-3-4-6-15(14)23-24/h3-6,9-10H,7-8H2,1-2H3,(H2,19,20,22,25). The average molecular weight is 334 g/mol. The maximum absolute atomic E-state index is 12.1. The molecule has 7 heteroatoms. The topological polar surface area (TPSA) is 88.0 Å². The number of nitrogens with one attached hydrogen (secondary N) is 2. The van der Waals surface area contributed by atoms with E-state index in [-0.39, 0.29) is 5.91 Å². The number of rotatable bonds is 4. The van der Waals surface area contributed by atoms with E-state index in [1.54, 1.807) is 12.4 Å². The Morgan fingerprint density at radius 2 is 2.12 bits per heavy atom. The Bertz CT molecular complexity index is 1060. The molecule has 3 heterocycles. The summed E-state index contributed by atoms with van der Waals surface area (Å²) in [6, 6.07) is 7.97. The van der Waals surface area contributed by atoms with Crippen LogP contribution in [0.15, 0.2) is 36.7 Å². The van der Waals surface area contributed by atoms with E-state index in [0.717, 1.165) is 33.5 Å². The molecule has 0 aliphatic carbocycles. The largest absolute Gasteiger partial charge is 0.331 e. The molecule has 25 heavy (non-hydrogen) atoms. The number of aromatic nitrogens is 5. The van der Waals surface area contributed by atoms with Crippen molar-refractivity contribution in [3.05, 3.63) is 53.6 Å². The van der Waals surface area contributed by atoms with Gasteiger partial charge in [-0.3, -0.25) is 10.1 Å². The van der Waals surface area contributed by atoms with Gasteiger partial charge in [0.15, 0.2) is 5.65 Å². The molecule has 4 rings (SSSR count). The molecule has 0 spiro atoms. The number of anilines is 1. The number of fused-ring (bicyclic) bond motifs is 3. The number of imidazole rings is 1. The fraction of sp³-hybridized carbons (Fsp3) is 0.222. The van der Waals surface area contributed by atoms with Gasteiger partial charge in [0.2, 0.25) is 11.9 Å². The van der Waals surface area contributed by atoms with Gasteiger partial charge >= 0.3 is 0 Å². The molecule has 2 N–H and O–H groups in total. The molecule has 0 saturated heterocycles. The molecular weight excluding hydrogens is 316 g/mol. The zero-order valence-corrected chi connectivity index (χ0v) is 14.1. The molecule has 0 aliphatic rings. The predicted molar refractivity (Wildman–Crippen MR) is 95.5 cm³/mol. The highest BCUT2D eigenvalue weighted by Gasteiger charge is 2.15. The Labute approximate surface area is 144 Å². The van der Waals surface area contributed by atoms with Crippen molar-refractivity contribution in [1.82, 2.24) is 24.6 Å². The highest BCUT2D eigenvalue weighted by Crippen LogP contribution is 2.22. The third-order valence-electron chi connectivity index (χ3n) is 4.38. The van der Waals surface area contributed by atoms with E-state index < -0.39 is 0 Å². The summed E-state index contributed by atoms with van der Waals surface area (Å²) < 4.78 is 1.87. The molecule has 7 nitrogen and oxygen atoms in total. The van der Waals surface area contributed by atoms with Crippen molar-refractivity contribution in [1.29, 1.82) is 0 Å². The van der Waals surface area contributed by atoms with Gasteiger partial charge in [0.1, 0.15) is 0 Å². The number of amides is 1. The van der Waals surface area contributed by atoms with Crippen molar-refractivity contribution in [2.75, 3.05) is 5.32 Å². The zero-order valence-electron chi connectivity index (χ0n) is 14.1. The smallest absolute Gasteiger partial charge is 0.227 e. The van der Waals surface area contributed by atoms with Crippen LogP contribution >= 0.6 is 0 Å². The van der Waals surface area contributed by atoms with Crippen LogP contribution in [-0.2, 0) is 11.2 Å². The highest BCUT2D eigenvalue weighted by atomic mass is 16.1. The van der Waals surface area contributed by atoms with Crippen LogP contribution in [-0.4, -0.2) is 30.5 Å². The summed E-state index contributed by atoms with van der Waals surface area (Å²) >= 11 is 0. The molecule has 3 aromatic heterocycles. The lowest BCUT2D eigenvalue weighted by Gasteiger charge is -2.11. The van der Waals surface area contributed by atoms with Gasteiger partial charge in [0.25, 0.3) is 0 Å². The number of carbonyl (C=O) groups excluding carboxylic acids is 1. The highest BCUT2D eigenvalue weighted by molar-refractivity contribution is 5.92. The molecule has 0 radical (unpaired) electrons. The van der Waals surface area contributed by atoms with Crippen LogP contribution in [0.25, 0.3) is 16.6 Å². The average Bonchev–Trinajstić information content (AvgIpc) is 3.22. The summed E-state index contributed by atoms with van der Waals surface area (Å²) in [6.07, 6.45) is 4.23. The van der Waals surface area contributed by atoms with Crippen molar-refractivity contribution in [3.8, 4) is 0 Å². The first-order valence-electron chi connectivity index (χ1n) is 8.16. The molecule has 1 aromatic carbocycles. The lowest BCUT2D eigenvalue weighted by molar-refractivity contribution is -0.116. The molecule has 1 amide bonds. The second-order valence-corrected chi connectivity index (χ2v) is 6.00. The lowest BCUT2D eigenvalue weighted by Crippen LogP contribution is -2.15. The van der Waals surface area contributed by atoms with Gasteiger partial charge in [0.05, 0.1) is 5.52 Å². The maximum atomic E-state index is 12.1. The molecule has 0 saturated carbocycles. The van der Waals surface area contributed by atoms with E-state index in [1.165, 1.54) is 0 Å². The van der Waals surface area contributed by atoms with Crippen molar-refractivity contribution in [2.45, 2.75) is 26.7 Å². The van der Waals surface area contributed by atoms with E-state index in [9.17, 15) is 4.79 Å². The Morgan fingerprint density at radius 1 is 1.28 bits per heavy atom. The van der Waals surface area contributed by atoms with Crippen LogP contribution in [0, 0.1) is 13.8 Å². The fourth-order valence-corrected chi connectivity index (χ4v) is 3.11. The maximum Gasteiger partial charge on any atom is 0.227 e. The van der Waals surface area contributed by atoms with E-state index in [2.05, 4.69) is 20.4 Å². The Morgan fingerprint density at radius 3 is 2.92 bits per heavy atom. The first-order chi connectivity index (χ1) is 12.1. The van der Waals surface area contributed by atoms with Gasteiger partial charge in [-0.15, -0.1) is 0 Å². The minimum atomic E-state index is -0.0838. The Kier molecular flexibility index (Phi) is 3.68. The van der Waals surface area contributed by atoms with Gasteiger partial charge in [0, 0.05) is 35.6 Å². The first-order valence-corrected chi connectivity index (χ1v) is 8.16. The van der Waals surface area contributed by atoms with Crippen LogP contribution in [0.2, 0.25) is 0 Å². The molecule has 4 aromatic rings. The van der Waals surface area contributed by atoms with Crippen molar-refractivity contribution in [2.24, 2.45) is 0 Å². The van der Waals surface area contributed by atoms with Crippen molar-refractivity contribution < 1.29 is 4.79 Å². The first kappa shape index (κ1) is 15.3. The normalized spacial score (nSPS) is 11.3. The minimum absolute atomic E-state index is 0.0838. The Hall–Kier alpha value is -3.22. The van der Waals surface area contributed by atoms with E-state index >= 15 is 0 Å². The van der Waals surface area contributed by atoms with Crippen LogP contribution in [0.1, 0.15) is 23.4 Å². The number of hydrogen-bond donors (Lipinski definition) is 2. The monoisotopic (exact) mass is 334 g/mol. The lowest BCUT2D eigenvalue weighted by atomic mass is 10.1. The second-order valence-electron chi connectivity index (χ2n) is 6.00. The Balaban J connectivity index is 1.63. The van der Waals surface area contributed by atoms with Crippen LogP contribution in [0.5, 0.6) is 0 Å². The van der Waals surface area contributed by atoms with Gasteiger partial charge in [-0.25, -0.2) is 14.5 Å². The van der Waals surface area contributed by atoms with Gasteiger partial charge < -0.3 is 4.98 Å². The summed E-state index contributed by atoms with van der Waals surface area (Å²) in [4.78, 5) is 23.7. The van der Waals surface area contributed by atoms with E-state index in [0.29, 0.717) is 18.8 Å². The SMILES string of the molecule is Cc1nc2c3ccccc3nn2c(C)c1CCC(=O)Nc1ncc[nH]1. The van der Waals surface area contributed by atoms with E-state index in [1.807, 2.05) is 42.6 Å². The summed E-state index contributed by atoms with van der Waals surface area (Å²) in [5.74, 6) is 0.379. The third-order valence-corrected chi connectivity index (χ3v) is 4.38. The third kappa shape index (κ3) is 2.73. The summed E-state index contributed by atoms with van der Waals surface area (Å²) in [5.41, 5.74) is 4.78. The van der Waals surface area contributed by atoms with E-state index in [4.69, 9.17) is 4.98 Å². The number of H-pyrrole nitrogens is 1. The summed E-state index contributed by atoms with van der Waals surface area (Å²) in [6.45, 7) is 4.00.